The van der Waals surface area contributed by atoms with Crippen molar-refractivity contribution in [3.8, 4) is 5.75 Å². The van der Waals surface area contributed by atoms with Crippen LogP contribution in [0.3, 0.4) is 0 Å². The number of carbonyl (C=O) groups is 1. The number of likely N-dealkylation sites (tertiary alicyclic amines) is 1. The van der Waals surface area contributed by atoms with Crippen LogP contribution in [-0.4, -0.2) is 95.1 Å². The van der Waals surface area contributed by atoms with Crippen molar-refractivity contribution < 1.29 is 22.7 Å². The van der Waals surface area contributed by atoms with E-state index in [0.29, 0.717) is 50.2 Å². The standard InChI is InChI=1S/C20H31N3O5S/c1-21(2)17-5-4-8-22(15-17)20(24)14-16-6-7-18(27-3)19(13-16)29(25,26)23-9-11-28-12-10-23/h6-7,13,17H,4-5,8-12,14-15H2,1-3H3. The molecule has 1 unspecified atom stereocenters. The van der Waals surface area contributed by atoms with Crippen LogP contribution < -0.4 is 4.74 Å². The zero-order valence-corrected chi connectivity index (χ0v) is 18.3. The van der Waals surface area contributed by atoms with Crippen molar-refractivity contribution in [3.63, 3.8) is 0 Å². The molecule has 2 heterocycles. The highest BCUT2D eigenvalue weighted by molar-refractivity contribution is 7.89. The van der Waals surface area contributed by atoms with Gasteiger partial charge in [0, 0.05) is 32.2 Å². The molecule has 162 valence electrons. The SMILES string of the molecule is COc1ccc(CC(=O)N2CCCC(N(C)C)C2)cc1S(=O)(=O)N1CCOCC1. The number of benzene rings is 1. The third kappa shape index (κ3) is 5.09. The zero-order chi connectivity index (χ0) is 21.0. The van der Waals surface area contributed by atoms with E-state index in [1.165, 1.54) is 11.4 Å². The molecule has 0 N–H and O–H groups in total. The zero-order valence-electron chi connectivity index (χ0n) is 17.5. The van der Waals surface area contributed by atoms with Crippen LogP contribution in [0.15, 0.2) is 23.1 Å². The van der Waals surface area contributed by atoms with Gasteiger partial charge in [0.2, 0.25) is 15.9 Å². The Morgan fingerprint density at radius 2 is 1.97 bits per heavy atom. The lowest BCUT2D eigenvalue weighted by molar-refractivity contribution is -0.132. The third-order valence-electron chi connectivity index (χ3n) is 5.65. The molecule has 0 aromatic heterocycles. The Bertz CT molecular complexity index is 821. The van der Waals surface area contributed by atoms with Crippen LogP contribution in [0.4, 0.5) is 0 Å². The van der Waals surface area contributed by atoms with Gasteiger partial charge >= 0.3 is 0 Å². The van der Waals surface area contributed by atoms with Crippen LogP contribution in [-0.2, 0) is 26.0 Å². The molecule has 29 heavy (non-hydrogen) atoms. The van der Waals surface area contributed by atoms with Crippen LogP contribution in [0.1, 0.15) is 18.4 Å². The van der Waals surface area contributed by atoms with Crippen LogP contribution in [0.5, 0.6) is 5.75 Å². The van der Waals surface area contributed by atoms with Gasteiger partial charge in [-0.25, -0.2) is 8.42 Å². The molecule has 1 amide bonds. The number of hydrogen-bond donors (Lipinski definition) is 0. The van der Waals surface area contributed by atoms with Crippen molar-refractivity contribution in [1.29, 1.82) is 0 Å². The summed E-state index contributed by atoms with van der Waals surface area (Å²) in [6, 6.07) is 5.34. The number of likely N-dealkylation sites (N-methyl/N-ethyl adjacent to an activating group) is 1. The van der Waals surface area contributed by atoms with E-state index in [2.05, 4.69) is 4.90 Å². The molecule has 1 atom stereocenters. The number of amides is 1. The van der Waals surface area contributed by atoms with E-state index in [1.807, 2.05) is 19.0 Å². The molecule has 0 spiro atoms. The lowest BCUT2D eigenvalue weighted by Gasteiger charge is -2.36. The first-order valence-electron chi connectivity index (χ1n) is 10.0. The fourth-order valence-corrected chi connectivity index (χ4v) is 5.46. The molecule has 0 bridgehead atoms. The molecular formula is C20H31N3O5S. The second-order valence-corrected chi connectivity index (χ2v) is 9.68. The number of nitrogens with zero attached hydrogens (tertiary/aromatic N) is 3. The van der Waals surface area contributed by atoms with Gasteiger partial charge in [0.25, 0.3) is 0 Å². The number of carbonyl (C=O) groups excluding carboxylic acids is 1. The maximum absolute atomic E-state index is 13.1. The van der Waals surface area contributed by atoms with E-state index < -0.39 is 10.0 Å². The van der Waals surface area contributed by atoms with Gasteiger partial charge < -0.3 is 19.3 Å². The lowest BCUT2D eigenvalue weighted by Crippen LogP contribution is -2.47. The molecule has 1 aromatic carbocycles. The maximum atomic E-state index is 13.1. The summed E-state index contributed by atoms with van der Waals surface area (Å²) in [4.78, 5) is 17.0. The van der Waals surface area contributed by atoms with Crippen LogP contribution >= 0.6 is 0 Å². The topological polar surface area (TPSA) is 79.4 Å². The first-order valence-corrected chi connectivity index (χ1v) is 11.5. The summed E-state index contributed by atoms with van der Waals surface area (Å²) in [5, 5.41) is 0. The molecule has 0 aliphatic carbocycles. The second kappa shape index (κ2) is 9.42. The van der Waals surface area contributed by atoms with Crippen molar-refractivity contribution in [2.24, 2.45) is 0 Å². The Morgan fingerprint density at radius 3 is 2.62 bits per heavy atom. The van der Waals surface area contributed by atoms with E-state index >= 15 is 0 Å². The fraction of sp³-hybridized carbons (Fsp3) is 0.650. The number of methoxy groups -OCH3 is 1. The van der Waals surface area contributed by atoms with E-state index in [4.69, 9.17) is 9.47 Å². The summed E-state index contributed by atoms with van der Waals surface area (Å²) < 4.78 is 38.2. The Labute approximate surface area is 173 Å². The molecule has 1 aromatic rings. The summed E-state index contributed by atoms with van der Waals surface area (Å²) >= 11 is 0. The second-order valence-electron chi connectivity index (χ2n) is 7.78. The minimum absolute atomic E-state index is 0.0245. The fourth-order valence-electron chi connectivity index (χ4n) is 3.85. The van der Waals surface area contributed by atoms with Crippen LogP contribution in [0.25, 0.3) is 0 Å². The number of piperidine rings is 1. The smallest absolute Gasteiger partial charge is 0.246 e. The Hall–Kier alpha value is -1.68. The summed E-state index contributed by atoms with van der Waals surface area (Å²) in [5.74, 6) is 0.315. The largest absolute Gasteiger partial charge is 0.495 e. The molecular weight excluding hydrogens is 394 g/mol. The molecule has 0 radical (unpaired) electrons. The number of morpholine rings is 1. The first-order chi connectivity index (χ1) is 13.8. The quantitative estimate of drug-likeness (QED) is 0.671. The van der Waals surface area contributed by atoms with Gasteiger partial charge in [0.1, 0.15) is 10.6 Å². The highest BCUT2D eigenvalue weighted by Gasteiger charge is 2.30. The highest BCUT2D eigenvalue weighted by atomic mass is 32.2. The predicted molar refractivity (Wildman–Crippen MR) is 110 cm³/mol. The van der Waals surface area contributed by atoms with Crippen molar-refractivity contribution in [2.45, 2.75) is 30.2 Å². The predicted octanol–water partition coefficient (Wildman–Crippen LogP) is 0.811. The Balaban J connectivity index is 1.78. The first kappa shape index (κ1) is 22.0. The normalized spacial score (nSPS) is 21.4. The van der Waals surface area contributed by atoms with Gasteiger partial charge in [-0.2, -0.15) is 4.31 Å². The summed E-state index contributed by atoms with van der Waals surface area (Å²) in [6.07, 6.45) is 2.24. The molecule has 2 aliphatic heterocycles. The number of ether oxygens (including phenoxy) is 2. The van der Waals surface area contributed by atoms with E-state index in [-0.39, 0.29) is 17.2 Å². The Morgan fingerprint density at radius 1 is 1.24 bits per heavy atom. The van der Waals surface area contributed by atoms with E-state index in [0.717, 1.165) is 19.4 Å². The highest BCUT2D eigenvalue weighted by Crippen LogP contribution is 2.29. The summed E-state index contributed by atoms with van der Waals surface area (Å²) in [5.41, 5.74) is 0.676. The van der Waals surface area contributed by atoms with Gasteiger partial charge in [0.15, 0.2) is 0 Å². The maximum Gasteiger partial charge on any atom is 0.246 e. The molecule has 2 aliphatic rings. The van der Waals surface area contributed by atoms with E-state index in [9.17, 15) is 13.2 Å². The third-order valence-corrected chi connectivity index (χ3v) is 7.57. The van der Waals surface area contributed by atoms with Gasteiger partial charge in [-0.15, -0.1) is 0 Å². The van der Waals surface area contributed by atoms with Crippen molar-refractivity contribution >= 4 is 15.9 Å². The lowest BCUT2D eigenvalue weighted by atomic mass is 10.0. The van der Waals surface area contributed by atoms with Crippen LogP contribution in [0.2, 0.25) is 0 Å². The average Bonchev–Trinajstić information content (AvgIpc) is 2.74. The molecule has 9 heteroatoms. The molecule has 0 saturated carbocycles. The van der Waals surface area contributed by atoms with Gasteiger partial charge in [-0.3, -0.25) is 4.79 Å². The molecule has 8 nitrogen and oxygen atoms in total. The Kier molecular flexibility index (Phi) is 7.15. The molecule has 2 fully saturated rings. The molecule has 2 saturated heterocycles. The van der Waals surface area contributed by atoms with E-state index in [1.54, 1.807) is 18.2 Å². The number of sulfonamides is 1. The summed E-state index contributed by atoms with van der Waals surface area (Å²) in [7, 11) is 1.81. The van der Waals surface area contributed by atoms with Gasteiger partial charge in [0.05, 0.1) is 26.7 Å². The average molecular weight is 426 g/mol. The summed E-state index contributed by atoms with van der Waals surface area (Å²) in [6.45, 7) is 2.84. The number of rotatable bonds is 6. The minimum atomic E-state index is -3.71. The van der Waals surface area contributed by atoms with Gasteiger partial charge in [-0.05, 0) is 44.6 Å². The van der Waals surface area contributed by atoms with Crippen molar-refractivity contribution in [3.05, 3.63) is 23.8 Å². The number of hydrogen-bond acceptors (Lipinski definition) is 6. The molecule has 3 rings (SSSR count). The van der Waals surface area contributed by atoms with Gasteiger partial charge in [-0.1, -0.05) is 6.07 Å². The minimum Gasteiger partial charge on any atom is -0.495 e. The van der Waals surface area contributed by atoms with Crippen LogP contribution in [0, 0.1) is 0 Å². The van der Waals surface area contributed by atoms with Crippen molar-refractivity contribution in [2.75, 3.05) is 60.6 Å². The monoisotopic (exact) mass is 425 g/mol. The van der Waals surface area contributed by atoms with Crippen molar-refractivity contribution in [1.82, 2.24) is 14.1 Å².